The number of sulfonamides is 1. The molecule has 0 radical (unpaired) electrons. The summed E-state index contributed by atoms with van der Waals surface area (Å²) in [6.45, 7) is 0.483. The first-order chi connectivity index (χ1) is 14.2. The standard InChI is InChI=1S/C21H25ClN2O4S/c1-24-18-9-6-5-8-16(18)21(23-13-7-3-2-4-10-20(25)26)17-12-11-15(22)14-19(17)29(24,27)28/h5-6,8-9,11-12,14,21,23H,2-4,7,10,13H2,1H3,(H,25,26)/t21-/m0/s1/i21D. The molecular weight excluding hydrogens is 412 g/mol. The Bertz CT molecular complexity index is 1050. The van der Waals surface area contributed by atoms with Crippen LogP contribution in [0.25, 0.3) is 0 Å². The SMILES string of the molecule is [2H][C@]1(NCCCCCCC(=O)O)c2ccccc2N(C)S(=O)(=O)c2cc(Cl)ccc21. The van der Waals surface area contributed by atoms with E-state index in [4.69, 9.17) is 16.7 Å². The van der Waals surface area contributed by atoms with Gasteiger partial charge in [-0.15, -0.1) is 0 Å². The van der Waals surface area contributed by atoms with Crippen LogP contribution in [0, 0.1) is 0 Å². The summed E-state index contributed by atoms with van der Waals surface area (Å²) in [7, 11) is -2.40. The Morgan fingerprint density at radius 1 is 1.17 bits per heavy atom. The predicted octanol–water partition coefficient (Wildman–Crippen LogP) is 4.19. The lowest BCUT2D eigenvalue weighted by atomic mass is 9.96. The van der Waals surface area contributed by atoms with E-state index in [1.807, 2.05) is 0 Å². The van der Waals surface area contributed by atoms with Crippen molar-refractivity contribution in [2.75, 3.05) is 17.9 Å². The monoisotopic (exact) mass is 437 g/mol. The summed E-state index contributed by atoms with van der Waals surface area (Å²) >= 11 is 6.10. The molecule has 0 aromatic heterocycles. The van der Waals surface area contributed by atoms with Crippen LogP contribution in [0.4, 0.5) is 5.69 Å². The van der Waals surface area contributed by atoms with Crippen molar-refractivity contribution >= 4 is 33.3 Å². The van der Waals surface area contributed by atoms with E-state index in [-0.39, 0.29) is 16.3 Å². The second-order valence-electron chi connectivity index (χ2n) is 6.99. The van der Waals surface area contributed by atoms with Crippen LogP contribution in [0.15, 0.2) is 47.4 Å². The van der Waals surface area contributed by atoms with Gasteiger partial charge >= 0.3 is 5.97 Å². The molecule has 0 spiro atoms. The van der Waals surface area contributed by atoms with Gasteiger partial charge in [-0.05, 0) is 48.7 Å². The summed E-state index contributed by atoms with van der Waals surface area (Å²) in [4.78, 5) is 10.6. The highest BCUT2D eigenvalue weighted by molar-refractivity contribution is 7.92. The molecule has 3 rings (SSSR count). The summed E-state index contributed by atoms with van der Waals surface area (Å²) in [6, 6.07) is 10.1. The van der Waals surface area contributed by atoms with Gasteiger partial charge < -0.3 is 10.4 Å². The van der Waals surface area contributed by atoms with Gasteiger partial charge in [0.1, 0.15) is 0 Å². The fourth-order valence-electron chi connectivity index (χ4n) is 3.46. The maximum absolute atomic E-state index is 13.2. The number of hydrogen-bond donors (Lipinski definition) is 2. The molecule has 2 aromatic carbocycles. The van der Waals surface area contributed by atoms with Crippen molar-refractivity contribution in [1.82, 2.24) is 5.32 Å². The number of fused-ring (bicyclic) bond motifs is 2. The fraction of sp³-hybridized carbons (Fsp3) is 0.381. The second kappa shape index (κ2) is 9.15. The number of nitrogens with zero attached hydrogens (tertiary/aromatic N) is 1. The Kier molecular flexibility index (Phi) is 6.37. The number of unbranched alkanes of at least 4 members (excludes halogenated alkanes) is 3. The molecule has 8 heteroatoms. The second-order valence-corrected chi connectivity index (χ2v) is 9.36. The zero-order chi connectivity index (χ0) is 21.9. The number of carboxylic acids is 1. The van der Waals surface area contributed by atoms with Crippen molar-refractivity contribution < 1.29 is 19.7 Å². The topological polar surface area (TPSA) is 86.7 Å². The maximum Gasteiger partial charge on any atom is 0.303 e. The highest BCUT2D eigenvalue weighted by Gasteiger charge is 2.34. The molecule has 1 aliphatic heterocycles. The van der Waals surface area contributed by atoms with Crippen LogP contribution in [0.2, 0.25) is 5.02 Å². The van der Waals surface area contributed by atoms with Gasteiger partial charge in [-0.1, -0.05) is 48.7 Å². The van der Waals surface area contributed by atoms with Crippen molar-refractivity contribution in [3.05, 3.63) is 58.6 Å². The van der Waals surface area contributed by atoms with Gasteiger partial charge in [0.25, 0.3) is 10.0 Å². The van der Waals surface area contributed by atoms with Crippen molar-refractivity contribution in [3.8, 4) is 0 Å². The average molecular weight is 438 g/mol. The molecule has 0 aliphatic carbocycles. The molecule has 29 heavy (non-hydrogen) atoms. The van der Waals surface area contributed by atoms with Crippen LogP contribution in [-0.4, -0.2) is 33.1 Å². The van der Waals surface area contributed by atoms with Crippen LogP contribution in [0.1, 0.15) is 50.6 Å². The number of nitrogens with one attached hydrogen (secondary N) is 1. The van der Waals surface area contributed by atoms with E-state index in [1.54, 1.807) is 36.4 Å². The Labute approximate surface area is 178 Å². The minimum atomic E-state index is -3.88. The Morgan fingerprint density at radius 3 is 2.66 bits per heavy atom. The molecule has 0 amide bonds. The van der Waals surface area contributed by atoms with Crippen LogP contribution in [0.3, 0.4) is 0 Å². The van der Waals surface area contributed by atoms with Crippen LogP contribution in [0.5, 0.6) is 0 Å². The van der Waals surface area contributed by atoms with Gasteiger partial charge in [0.15, 0.2) is 0 Å². The summed E-state index contributed by atoms with van der Waals surface area (Å²) < 4.78 is 37.0. The van der Waals surface area contributed by atoms with E-state index in [9.17, 15) is 14.6 Å². The molecule has 0 saturated heterocycles. The quantitative estimate of drug-likeness (QED) is 0.604. The lowest BCUT2D eigenvalue weighted by Crippen LogP contribution is -2.26. The van der Waals surface area contributed by atoms with E-state index in [1.165, 1.54) is 17.4 Å². The summed E-state index contributed by atoms with van der Waals surface area (Å²) in [5.41, 5.74) is 1.31. The Hall–Kier alpha value is -2.09. The number of hydrogen-bond acceptors (Lipinski definition) is 4. The lowest BCUT2D eigenvalue weighted by Gasteiger charge is -2.22. The largest absolute Gasteiger partial charge is 0.481 e. The molecule has 0 saturated carbocycles. The van der Waals surface area contributed by atoms with Crippen LogP contribution >= 0.6 is 11.6 Å². The first kappa shape index (κ1) is 20.2. The smallest absolute Gasteiger partial charge is 0.303 e. The maximum atomic E-state index is 13.2. The molecule has 0 fully saturated rings. The lowest BCUT2D eigenvalue weighted by molar-refractivity contribution is -0.137. The molecule has 0 bridgehead atoms. The summed E-state index contributed by atoms with van der Waals surface area (Å²) in [6.07, 6.45) is 3.13. The number of aliphatic carboxylic acids is 1. The van der Waals surface area contributed by atoms with Crippen molar-refractivity contribution in [1.29, 1.82) is 0 Å². The third-order valence-electron chi connectivity index (χ3n) is 4.98. The van der Waals surface area contributed by atoms with Crippen molar-refractivity contribution in [3.63, 3.8) is 0 Å². The van der Waals surface area contributed by atoms with E-state index in [0.29, 0.717) is 29.8 Å². The molecule has 1 atom stereocenters. The van der Waals surface area contributed by atoms with E-state index < -0.39 is 22.0 Å². The van der Waals surface area contributed by atoms with Gasteiger partial charge in [-0.2, -0.15) is 0 Å². The molecular formula is C21H25ClN2O4S. The number of para-hydroxylation sites is 1. The van der Waals surface area contributed by atoms with Gasteiger partial charge in [-0.3, -0.25) is 9.10 Å². The van der Waals surface area contributed by atoms with Crippen LogP contribution < -0.4 is 9.62 Å². The predicted molar refractivity (Wildman–Crippen MR) is 114 cm³/mol. The van der Waals surface area contributed by atoms with Gasteiger partial charge in [0, 0.05) is 18.5 Å². The Morgan fingerprint density at radius 2 is 1.90 bits per heavy atom. The molecule has 0 unspecified atom stereocenters. The zero-order valence-electron chi connectivity index (χ0n) is 17.2. The average Bonchev–Trinajstić information content (AvgIpc) is 2.76. The first-order valence-corrected chi connectivity index (χ1v) is 11.3. The minimum Gasteiger partial charge on any atom is -0.481 e. The number of rotatable bonds is 8. The van der Waals surface area contributed by atoms with Gasteiger partial charge in [0.05, 0.1) is 18.0 Å². The third-order valence-corrected chi connectivity index (χ3v) is 7.03. The van der Waals surface area contributed by atoms with Crippen molar-refractivity contribution in [2.45, 2.75) is 43.0 Å². The molecule has 2 aromatic rings. The van der Waals surface area contributed by atoms with Gasteiger partial charge in [-0.25, -0.2) is 8.42 Å². The number of carbonyl (C=O) groups is 1. The highest BCUT2D eigenvalue weighted by Crippen LogP contribution is 2.40. The molecule has 156 valence electrons. The number of halogens is 1. The molecule has 2 N–H and O–H groups in total. The number of benzene rings is 2. The summed E-state index contributed by atoms with van der Waals surface area (Å²) in [5, 5.41) is 12.2. The Balaban J connectivity index is 1.93. The molecule has 1 aliphatic rings. The third kappa shape index (κ3) is 4.74. The van der Waals surface area contributed by atoms with Crippen LogP contribution in [-0.2, 0) is 14.8 Å². The van der Waals surface area contributed by atoms with E-state index in [2.05, 4.69) is 5.32 Å². The fourth-order valence-corrected chi connectivity index (χ4v) is 5.13. The van der Waals surface area contributed by atoms with E-state index >= 15 is 0 Å². The first-order valence-electron chi connectivity index (χ1n) is 10.0. The normalized spacial score (nSPS) is 20.3. The van der Waals surface area contributed by atoms with E-state index in [0.717, 1.165) is 19.3 Å². The number of carboxylic acid groups (broad SMARTS) is 1. The number of anilines is 1. The summed E-state index contributed by atoms with van der Waals surface area (Å²) in [5.74, 6) is -0.797. The van der Waals surface area contributed by atoms with Gasteiger partial charge in [0.2, 0.25) is 0 Å². The molecule has 6 nitrogen and oxygen atoms in total. The molecule has 1 heterocycles. The highest BCUT2D eigenvalue weighted by atomic mass is 35.5. The minimum absolute atomic E-state index is 0.0117. The van der Waals surface area contributed by atoms with Crippen molar-refractivity contribution in [2.24, 2.45) is 0 Å². The zero-order valence-corrected chi connectivity index (χ0v) is 17.8.